The first-order chi connectivity index (χ1) is 11.0. The Kier molecular flexibility index (Phi) is 4.29. The van der Waals surface area contributed by atoms with Crippen molar-refractivity contribution in [3.8, 4) is 0 Å². The predicted octanol–water partition coefficient (Wildman–Crippen LogP) is 2.78. The number of carbonyl (C=O) groups excluding carboxylic acids is 1. The Balaban J connectivity index is 1.66. The quantitative estimate of drug-likeness (QED) is 0.746. The van der Waals surface area contributed by atoms with Crippen molar-refractivity contribution in [2.24, 2.45) is 0 Å². The highest BCUT2D eigenvalue weighted by atomic mass is 32.2. The van der Waals surface area contributed by atoms with Gasteiger partial charge in [-0.05, 0) is 38.0 Å². The number of aromatic nitrogens is 4. The van der Waals surface area contributed by atoms with Gasteiger partial charge in [0.1, 0.15) is 0 Å². The molecule has 0 atom stereocenters. The van der Waals surface area contributed by atoms with Gasteiger partial charge in [-0.15, -0.1) is 5.10 Å². The van der Waals surface area contributed by atoms with E-state index in [0.29, 0.717) is 10.9 Å². The number of hydrogen-bond acceptors (Lipinski definition) is 5. The molecule has 0 aliphatic carbocycles. The van der Waals surface area contributed by atoms with Crippen molar-refractivity contribution in [1.82, 2.24) is 19.6 Å². The van der Waals surface area contributed by atoms with Crippen LogP contribution >= 0.6 is 11.8 Å². The number of aryl methyl sites for hydroxylation is 3. The SMILES string of the molecule is Cc1cc(C)c(NC(=O)CSc2nc3ncccn3n2)c(C)c1. The molecule has 0 bridgehead atoms. The van der Waals surface area contributed by atoms with Gasteiger partial charge in [-0.2, -0.15) is 4.98 Å². The van der Waals surface area contributed by atoms with E-state index >= 15 is 0 Å². The summed E-state index contributed by atoms with van der Waals surface area (Å²) < 4.78 is 1.59. The normalized spacial score (nSPS) is 10.9. The molecule has 7 heteroatoms. The lowest BCUT2D eigenvalue weighted by Crippen LogP contribution is -2.16. The first-order valence-electron chi connectivity index (χ1n) is 7.21. The van der Waals surface area contributed by atoms with Crippen LogP contribution in [-0.4, -0.2) is 31.2 Å². The van der Waals surface area contributed by atoms with Gasteiger partial charge in [-0.1, -0.05) is 29.5 Å². The van der Waals surface area contributed by atoms with Crippen LogP contribution in [-0.2, 0) is 4.79 Å². The Hall–Kier alpha value is -2.41. The first kappa shape index (κ1) is 15.5. The second-order valence-electron chi connectivity index (χ2n) is 5.37. The number of nitrogens with one attached hydrogen (secondary N) is 1. The fourth-order valence-electron chi connectivity index (χ4n) is 2.46. The van der Waals surface area contributed by atoms with Crippen molar-refractivity contribution in [3.05, 3.63) is 47.3 Å². The van der Waals surface area contributed by atoms with E-state index in [1.165, 1.54) is 17.3 Å². The van der Waals surface area contributed by atoms with Crippen LogP contribution in [0.5, 0.6) is 0 Å². The molecule has 1 N–H and O–H groups in total. The molecule has 0 saturated carbocycles. The van der Waals surface area contributed by atoms with Crippen LogP contribution in [0.15, 0.2) is 35.7 Å². The van der Waals surface area contributed by atoms with E-state index in [1.807, 2.05) is 20.8 Å². The molecule has 3 rings (SSSR count). The van der Waals surface area contributed by atoms with Crippen LogP contribution in [0, 0.1) is 20.8 Å². The third-order valence-corrected chi connectivity index (χ3v) is 4.21. The number of amides is 1. The average molecular weight is 327 g/mol. The standard InChI is InChI=1S/C16H17N5OS/c1-10-7-11(2)14(12(3)8-10)18-13(22)9-23-16-19-15-17-5-4-6-21(15)20-16/h4-8H,9H2,1-3H3,(H,18,22). The number of fused-ring (bicyclic) bond motifs is 1. The molecule has 6 nitrogen and oxygen atoms in total. The molecule has 0 fully saturated rings. The topological polar surface area (TPSA) is 72.2 Å². The molecule has 3 aromatic rings. The van der Waals surface area contributed by atoms with Crippen LogP contribution in [0.2, 0.25) is 0 Å². The second kappa shape index (κ2) is 6.37. The summed E-state index contributed by atoms with van der Waals surface area (Å²) in [5.74, 6) is 0.710. The zero-order valence-corrected chi connectivity index (χ0v) is 14.0. The lowest BCUT2D eigenvalue weighted by atomic mass is 10.1. The van der Waals surface area contributed by atoms with Crippen LogP contribution < -0.4 is 5.32 Å². The van der Waals surface area contributed by atoms with Gasteiger partial charge in [0.15, 0.2) is 0 Å². The van der Waals surface area contributed by atoms with E-state index in [1.54, 1.807) is 23.0 Å². The lowest BCUT2D eigenvalue weighted by molar-refractivity contribution is -0.113. The Morgan fingerprint density at radius 1 is 1.26 bits per heavy atom. The van der Waals surface area contributed by atoms with Crippen molar-refractivity contribution < 1.29 is 4.79 Å². The summed E-state index contributed by atoms with van der Waals surface area (Å²) >= 11 is 1.29. The van der Waals surface area contributed by atoms with E-state index in [-0.39, 0.29) is 11.7 Å². The van der Waals surface area contributed by atoms with Crippen LogP contribution in [0.4, 0.5) is 5.69 Å². The van der Waals surface area contributed by atoms with Crippen molar-refractivity contribution in [1.29, 1.82) is 0 Å². The van der Waals surface area contributed by atoms with Gasteiger partial charge in [0.25, 0.3) is 5.78 Å². The van der Waals surface area contributed by atoms with Gasteiger partial charge in [0.2, 0.25) is 11.1 Å². The summed E-state index contributed by atoms with van der Waals surface area (Å²) in [6, 6.07) is 5.90. The molecular formula is C16H17N5OS. The highest BCUT2D eigenvalue weighted by Gasteiger charge is 2.11. The van der Waals surface area contributed by atoms with Crippen molar-refractivity contribution >= 4 is 29.1 Å². The van der Waals surface area contributed by atoms with Crippen molar-refractivity contribution in [3.63, 3.8) is 0 Å². The molecule has 0 saturated heterocycles. The number of nitrogens with zero attached hydrogens (tertiary/aromatic N) is 4. The lowest BCUT2D eigenvalue weighted by Gasteiger charge is -2.12. The average Bonchev–Trinajstić information content (AvgIpc) is 2.91. The van der Waals surface area contributed by atoms with Crippen molar-refractivity contribution in [2.75, 3.05) is 11.1 Å². The predicted molar refractivity (Wildman–Crippen MR) is 90.8 cm³/mol. The van der Waals surface area contributed by atoms with Gasteiger partial charge in [-0.25, -0.2) is 9.50 Å². The fourth-order valence-corrected chi connectivity index (χ4v) is 3.08. The maximum absolute atomic E-state index is 12.2. The molecule has 2 heterocycles. The summed E-state index contributed by atoms with van der Waals surface area (Å²) in [5.41, 5.74) is 4.20. The highest BCUT2D eigenvalue weighted by molar-refractivity contribution is 7.99. The molecule has 0 aliphatic heterocycles. The Labute approximate surface area is 138 Å². The van der Waals surface area contributed by atoms with E-state index in [9.17, 15) is 4.79 Å². The number of benzene rings is 1. The molecule has 2 aromatic heterocycles. The number of hydrogen-bond donors (Lipinski definition) is 1. The molecule has 118 valence electrons. The highest BCUT2D eigenvalue weighted by Crippen LogP contribution is 2.22. The largest absolute Gasteiger partial charge is 0.325 e. The molecule has 1 amide bonds. The molecule has 0 spiro atoms. The van der Waals surface area contributed by atoms with Crippen LogP contribution in [0.3, 0.4) is 0 Å². The van der Waals surface area contributed by atoms with Gasteiger partial charge >= 0.3 is 0 Å². The smallest absolute Gasteiger partial charge is 0.253 e. The summed E-state index contributed by atoms with van der Waals surface area (Å²) in [4.78, 5) is 20.5. The first-order valence-corrected chi connectivity index (χ1v) is 8.19. The number of rotatable bonds is 4. The van der Waals surface area contributed by atoms with Crippen LogP contribution in [0.1, 0.15) is 16.7 Å². The molecule has 0 aliphatic rings. The maximum Gasteiger partial charge on any atom is 0.253 e. The van der Waals surface area contributed by atoms with Gasteiger partial charge in [0, 0.05) is 18.1 Å². The summed E-state index contributed by atoms with van der Waals surface area (Å²) in [6.45, 7) is 6.04. The van der Waals surface area contributed by atoms with Gasteiger partial charge in [-0.3, -0.25) is 4.79 Å². The Bertz CT molecular complexity index is 818. The second-order valence-corrected chi connectivity index (χ2v) is 6.31. The molecule has 0 radical (unpaired) electrons. The van der Waals surface area contributed by atoms with E-state index in [4.69, 9.17) is 0 Å². The van der Waals surface area contributed by atoms with Gasteiger partial charge < -0.3 is 5.32 Å². The summed E-state index contributed by atoms with van der Waals surface area (Å²) in [7, 11) is 0. The monoisotopic (exact) mass is 327 g/mol. The van der Waals surface area contributed by atoms with Crippen LogP contribution in [0.25, 0.3) is 5.78 Å². The van der Waals surface area contributed by atoms with Gasteiger partial charge in [0.05, 0.1) is 5.75 Å². The zero-order chi connectivity index (χ0) is 16.4. The molecule has 0 unspecified atom stereocenters. The maximum atomic E-state index is 12.2. The third-order valence-electron chi connectivity index (χ3n) is 3.37. The summed E-state index contributed by atoms with van der Waals surface area (Å²) in [6.07, 6.45) is 3.44. The minimum absolute atomic E-state index is 0.0723. The number of carbonyl (C=O) groups is 1. The molecule has 23 heavy (non-hydrogen) atoms. The fraction of sp³-hybridized carbons (Fsp3) is 0.250. The molecule has 1 aromatic carbocycles. The van der Waals surface area contributed by atoms with Crippen molar-refractivity contribution in [2.45, 2.75) is 25.9 Å². The Morgan fingerprint density at radius 3 is 2.70 bits per heavy atom. The number of anilines is 1. The Morgan fingerprint density at radius 2 is 2.00 bits per heavy atom. The van der Waals surface area contributed by atoms with E-state index in [2.05, 4.69) is 32.5 Å². The zero-order valence-electron chi connectivity index (χ0n) is 13.2. The minimum atomic E-state index is -0.0723. The third kappa shape index (κ3) is 3.50. The van der Waals surface area contributed by atoms with E-state index in [0.717, 1.165) is 16.8 Å². The minimum Gasteiger partial charge on any atom is -0.325 e. The van der Waals surface area contributed by atoms with E-state index < -0.39 is 0 Å². The molecular weight excluding hydrogens is 310 g/mol. The number of thioether (sulfide) groups is 1. The summed E-state index contributed by atoms with van der Waals surface area (Å²) in [5, 5.41) is 7.77.